The van der Waals surface area contributed by atoms with Gasteiger partial charge in [-0.25, -0.2) is 4.68 Å². The third-order valence-electron chi connectivity index (χ3n) is 3.37. The first-order valence-electron chi connectivity index (χ1n) is 8.05. The van der Waals surface area contributed by atoms with Crippen LogP contribution >= 0.6 is 15.9 Å². The van der Waals surface area contributed by atoms with Crippen LogP contribution in [0.25, 0.3) is 0 Å². The SMILES string of the molecule is CCCCCCCCNc1cnn(CC(C)C)c(=O)c1Br. The van der Waals surface area contributed by atoms with Crippen molar-refractivity contribution < 1.29 is 0 Å². The minimum absolute atomic E-state index is 0.0587. The lowest BCUT2D eigenvalue weighted by Crippen LogP contribution is -2.26. The van der Waals surface area contributed by atoms with E-state index in [9.17, 15) is 4.79 Å². The Morgan fingerprint density at radius 3 is 2.57 bits per heavy atom. The van der Waals surface area contributed by atoms with Crippen LogP contribution in [0.3, 0.4) is 0 Å². The average Bonchev–Trinajstić information content (AvgIpc) is 2.44. The molecular formula is C16H28BrN3O. The molecule has 0 atom stereocenters. The van der Waals surface area contributed by atoms with E-state index in [2.05, 4.69) is 47.1 Å². The molecule has 1 aromatic heterocycles. The molecule has 1 rings (SSSR count). The number of rotatable bonds is 10. The van der Waals surface area contributed by atoms with Crippen molar-refractivity contribution in [2.24, 2.45) is 5.92 Å². The highest BCUT2D eigenvalue weighted by atomic mass is 79.9. The van der Waals surface area contributed by atoms with Crippen molar-refractivity contribution in [3.05, 3.63) is 21.0 Å². The maximum Gasteiger partial charge on any atom is 0.283 e. The summed E-state index contributed by atoms with van der Waals surface area (Å²) in [6, 6.07) is 0. The highest BCUT2D eigenvalue weighted by Gasteiger charge is 2.09. The molecule has 0 aliphatic rings. The topological polar surface area (TPSA) is 46.9 Å². The van der Waals surface area contributed by atoms with Gasteiger partial charge in [0.05, 0.1) is 11.9 Å². The van der Waals surface area contributed by atoms with Gasteiger partial charge in [-0.2, -0.15) is 5.10 Å². The Morgan fingerprint density at radius 2 is 1.90 bits per heavy atom. The van der Waals surface area contributed by atoms with Crippen LogP contribution in [-0.4, -0.2) is 16.3 Å². The molecule has 1 N–H and O–H groups in total. The van der Waals surface area contributed by atoms with Crippen molar-refractivity contribution in [2.45, 2.75) is 65.8 Å². The molecule has 0 saturated heterocycles. The van der Waals surface area contributed by atoms with E-state index in [0.717, 1.165) is 18.7 Å². The molecule has 1 aromatic rings. The highest BCUT2D eigenvalue weighted by molar-refractivity contribution is 9.10. The summed E-state index contributed by atoms with van der Waals surface area (Å²) in [5, 5.41) is 7.53. The van der Waals surface area contributed by atoms with Gasteiger partial charge in [-0.15, -0.1) is 0 Å². The average molecular weight is 358 g/mol. The zero-order valence-electron chi connectivity index (χ0n) is 13.5. The molecule has 1 heterocycles. The summed E-state index contributed by atoms with van der Waals surface area (Å²) in [6.45, 7) is 7.92. The second-order valence-electron chi connectivity index (χ2n) is 5.95. The maximum atomic E-state index is 12.1. The predicted molar refractivity (Wildman–Crippen MR) is 92.9 cm³/mol. The second kappa shape index (κ2) is 9.98. The fraction of sp³-hybridized carbons (Fsp3) is 0.750. The molecule has 0 radical (unpaired) electrons. The maximum absolute atomic E-state index is 12.1. The normalized spacial score (nSPS) is 11.1. The van der Waals surface area contributed by atoms with E-state index >= 15 is 0 Å². The number of nitrogens with one attached hydrogen (secondary N) is 1. The number of halogens is 1. The van der Waals surface area contributed by atoms with Gasteiger partial charge in [0, 0.05) is 13.1 Å². The first-order valence-corrected chi connectivity index (χ1v) is 8.85. The Morgan fingerprint density at radius 1 is 1.24 bits per heavy atom. The summed E-state index contributed by atoms with van der Waals surface area (Å²) in [6.07, 6.45) is 9.34. The molecule has 0 saturated carbocycles. The second-order valence-corrected chi connectivity index (χ2v) is 6.74. The Labute approximate surface area is 136 Å². The van der Waals surface area contributed by atoms with Gasteiger partial charge in [-0.1, -0.05) is 52.9 Å². The molecule has 0 aliphatic carbocycles. The van der Waals surface area contributed by atoms with Gasteiger partial charge in [0.15, 0.2) is 0 Å². The lowest BCUT2D eigenvalue weighted by atomic mass is 10.1. The molecule has 0 unspecified atom stereocenters. The molecule has 21 heavy (non-hydrogen) atoms. The molecule has 0 amide bonds. The summed E-state index contributed by atoms with van der Waals surface area (Å²) < 4.78 is 2.11. The van der Waals surface area contributed by atoms with Crippen LogP contribution in [0.2, 0.25) is 0 Å². The van der Waals surface area contributed by atoms with Gasteiger partial charge in [0.2, 0.25) is 0 Å². The smallest absolute Gasteiger partial charge is 0.283 e. The molecule has 0 aliphatic heterocycles. The van der Waals surface area contributed by atoms with Gasteiger partial charge in [-0.05, 0) is 28.3 Å². The van der Waals surface area contributed by atoms with Crippen LogP contribution < -0.4 is 10.9 Å². The first kappa shape index (κ1) is 18.2. The molecule has 5 heteroatoms. The Bertz CT molecular complexity index is 471. The highest BCUT2D eigenvalue weighted by Crippen LogP contribution is 2.16. The number of nitrogens with zero attached hydrogens (tertiary/aromatic N) is 2. The number of anilines is 1. The van der Waals surface area contributed by atoms with Gasteiger partial charge in [0.25, 0.3) is 5.56 Å². The number of aromatic nitrogens is 2. The molecule has 4 nitrogen and oxygen atoms in total. The van der Waals surface area contributed by atoms with Crippen LogP contribution in [0.15, 0.2) is 15.5 Å². The van der Waals surface area contributed by atoms with Crippen LogP contribution in [-0.2, 0) is 6.54 Å². The lowest BCUT2D eigenvalue weighted by molar-refractivity contribution is 0.462. The Kier molecular flexibility index (Phi) is 8.66. The van der Waals surface area contributed by atoms with E-state index in [1.54, 1.807) is 6.20 Å². The van der Waals surface area contributed by atoms with Crippen LogP contribution in [0.1, 0.15) is 59.3 Å². The van der Waals surface area contributed by atoms with Crippen molar-refractivity contribution >= 4 is 21.6 Å². The molecule has 0 bridgehead atoms. The van der Waals surface area contributed by atoms with Crippen molar-refractivity contribution in [1.82, 2.24) is 9.78 Å². The van der Waals surface area contributed by atoms with Gasteiger partial charge >= 0.3 is 0 Å². The van der Waals surface area contributed by atoms with E-state index in [0.29, 0.717) is 16.9 Å². The number of unbranched alkanes of at least 4 members (excludes halogenated alkanes) is 5. The van der Waals surface area contributed by atoms with E-state index in [4.69, 9.17) is 0 Å². The minimum atomic E-state index is -0.0587. The van der Waals surface area contributed by atoms with Crippen molar-refractivity contribution in [2.75, 3.05) is 11.9 Å². The van der Waals surface area contributed by atoms with Crippen LogP contribution in [0.5, 0.6) is 0 Å². The van der Waals surface area contributed by atoms with Gasteiger partial charge in [-0.3, -0.25) is 4.79 Å². The van der Waals surface area contributed by atoms with Crippen molar-refractivity contribution in [3.63, 3.8) is 0 Å². The quantitative estimate of drug-likeness (QED) is 0.629. The molecule has 0 spiro atoms. The number of hydrogen-bond acceptors (Lipinski definition) is 3. The zero-order valence-corrected chi connectivity index (χ0v) is 15.1. The van der Waals surface area contributed by atoms with E-state index in [1.807, 2.05) is 0 Å². The van der Waals surface area contributed by atoms with Crippen LogP contribution in [0, 0.1) is 5.92 Å². The zero-order chi connectivity index (χ0) is 15.7. The van der Waals surface area contributed by atoms with Gasteiger partial charge in [0.1, 0.15) is 4.47 Å². The molecule has 0 fully saturated rings. The summed E-state index contributed by atoms with van der Waals surface area (Å²) in [4.78, 5) is 12.1. The van der Waals surface area contributed by atoms with E-state index in [1.165, 1.54) is 36.8 Å². The third kappa shape index (κ3) is 6.64. The molecule has 120 valence electrons. The third-order valence-corrected chi connectivity index (χ3v) is 4.14. The fourth-order valence-corrected chi connectivity index (χ4v) is 2.64. The monoisotopic (exact) mass is 357 g/mol. The van der Waals surface area contributed by atoms with Crippen molar-refractivity contribution in [3.8, 4) is 0 Å². The van der Waals surface area contributed by atoms with E-state index < -0.39 is 0 Å². The van der Waals surface area contributed by atoms with E-state index in [-0.39, 0.29) is 5.56 Å². The fourth-order valence-electron chi connectivity index (χ4n) is 2.19. The summed E-state index contributed by atoms with van der Waals surface area (Å²) in [7, 11) is 0. The Balaban J connectivity index is 2.42. The first-order chi connectivity index (χ1) is 10.1. The van der Waals surface area contributed by atoms with Gasteiger partial charge < -0.3 is 5.32 Å². The molecule has 0 aromatic carbocycles. The minimum Gasteiger partial charge on any atom is -0.383 e. The largest absolute Gasteiger partial charge is 0.383 e. The van der Waals surface area contributed by atoms with Crippen molar-refractivity contribution in [1.29, 1.82) is 0 Å². The Hall–Kier alpha value is -0.840. The summed E-state index contributed by atoms with van der Waals surface area (Å²) >= 11 is 3.39. The summed E-state index contributed by atoms with van der Waals surface area (Å²) in [5.74, 6) is 0.407. The number of hydrogen-bond donors (Lipinski definition) is 1. The lowest BCUT2D eigenvalue weighted by Gasteiger charge is -2.11. The summed E-state index contributed by atoms with van der Waals surface area (Å²) in [5.41, 5.74) is 0.741. The standard InChI is InChI=1S/C16H28BrN3O/c1-4-5-6-7-8-9-10-18-14-11-19-20(12-13(2)3)16(21)15(14)17/h11,13,18H,4-10,12H2,1-3H3. The van der Waals surface area contributed by atoms with Crippen LogP contribution in [0.4, 0.5) is 5.69 Å². The molecular weight excluding hydrogens is 330 g/mol. The predicted octanol–water partition coefficient (Wildman–Crippen LogP) is 4.43.